The van der Waals surface area contributed by atoms with Crippen LogP contribution in [0.5, 0.6) is 5.75 Å². The van der Waals surface area contributed by atoms with Crippen LogP contribution in [-0.2, 0) is 11.4 Å². The van der Waals surface area contributed by atoms with E-state index in [2.05, 4.69) is 22.0 Å². The molecule has 0 unspecified atom stereocenters. The smallest absolute Gasteiger partial charge is 0.293 e. The Morgan fingerprint density at radius 1 is 1.03 bits per heavy atom. The minimum atomic E-state index is -0.482. The Morgan fingerprint density at radius 2 is 1.79 bits per heavy atom. The number of benzene rings is 3. The predicted octanol–water partition coefficient (Wildman–Crippen LogP) is 6.26. The largest absolute Gasteiger partial charge is 0.488 e. The van der Waals surface area contributed by atoms with Gasteiger partial charge >= 0.3 is 0 Å². The van der Waals surface area contributed by atoms with E-state index in [9.17, 15) is 14.4 Å². The second kappa shape index (κ2) is 10.2. The molecule has 166 valence electrons. The van der Waals surface area contributed by atoms with E-state index in [0.29, 0.717) is 23.5 Å². The van der Waals surface area contributed by atoms with E-state index in [4.69, 9.17) is 4.74 Å². The van der Waals surface area contributed by atoms with E-state index < -0.39 is 11.1 Å². The van der Waals surface area contributed by atoms with E-state index in [1.165, 1.54) is 0 Å². The third kappa shape index (κ3) is 5.61. The summed E-state index contributed by atoms with van der Waals surface area (Å²) in [5.74, 6) is -0.173. The first-order valence-corrected chi connectivity index (χ1v) is 11.8. The molecule has 0 aliphatic carbocycles. The number of carbonyl (C=O) groups is 3. The first kappa shape index (κ1) is 23.0. The molecule has 0 radical (unpaired) electrons. The van der Waals surface area contributed by atoms with Crippen LogP contribution < -0.4 is 4.74 Å². The third-order valence-corrected chi connectivity index (χ3v) is 6.46. The number of aryl methyl sites for hydroxylation is 1. The SMILES string of the molecule is Cc1cccc(COc2ccccc2/C=C2/SC(=O)N(CC(=O)c3ccc(Br)cc3)C2=O)c1. The zero-order valence-corrected chi connectivity index (χ0v) is 20.2. The summed E-state index contributed by atoms with van der Waals surface area (Å²) < 4.78 is 6.83. The maximum absolute atomic E-state index is 12.9. The average molecular weight is 522 g/mol. The first-order valence-electron chi connectivity index (χ1n) is 10.2. The standard InChI is InChI=1S/C26H20BrNO4S/c1-17-5-4-6-18(13-17)16-32-23-8-3-2-7-20(23)14-24-25(30)28(26(31)33-24)15-22(29)19-9-11-21(27)12-10-19/h2-14H,15-16H2,1H3/b24-14+. The molecule has 0 aromatic heterocycles. The van der Waals surface area contributed by atoms with Gasteiger partial charge in [-0.15, -0.1) is 0 Å². The number of para-hydroxylation sites is 1. The van der Waals surface area contributed by atoms with Gasteiger partial charge in [0.1, 0.15) is 12.4 Å². The Labute approximate surface area is 204 Å². The number of hydrogen-bond donors (Lipinski definition) is 0. The number of imide groups is 1. The zero-order valence-electron chi connectivity index (χ0n) is 17.8. The number of hydrogen-bond acceptors (Lipinski definition) is 5. The van der Waals surface area contributed by atoms with Crippen molar-refractivity contribution >= 4 is 50.7 Å². The molecule has 0 N–H and O–H groups in total. The Morgan fingerprint density at radius 3 is 2.55 bits per heavy atom. The van der Waals surface area contributed by atoms with Crippen LogP contribution in [0.2, 0.25) is 0 Å². The normalized spacial score (nSPS) is 14.7. The number of ketones is 1. The van der Waals surface area contributed by atoms with Gasteiger partial charge in [0.2, 0.25) is 0 Å². The molecule has 0 spiro atoms. The molecule has 3 aromatic rings. The Balaban J connectivity index is 1.49. The van der Waals surface area contributed by atoms with Crippen LogP contribution in [0.4, 0.5) is 4.79 Å². The molecule has 1 saturated heterocycles. The van der Waals surface area contributed by atoms with Crippen LogP contribution >= 0.6 is 27.7 Å². The van der Waals surface area contributed by atoms with Gasteiger partial charge < -0.3 is 4.74 Å². The highest BCUT2D eigenvalue weighted by Gasteiger charge is 2.36. The van der Waals surface area contributed by atoms with Crippen LogP contribution in [0.25, 0.3) is 6.08 Å². The van der Waals surface area contributed by atoms with Crippen LogP contribution in [-0.4, -0.2) is 28.4 Å². The van der Waals surface area contributed by atoms with E-state index in [1.807, 2.05) is 49.4 Å². The fourth-order valence-electron chi connectivity index (χ4n) is 3.34. The molecule has 0 atom stereocenters. The molecular formula is C26H20BrNO4S. The van der Waals surface area contributed by atoms with E-state index in [0.717, 1.165) is 32.3 Å². The highest BCUT2D eigenvalue weighted by Crippen LogP contribution is 2.34. The van der Waals surface area contributed by atoms with Gasteiger partial charge in [-0.3, -0.25) is 19.3 Å². The van der Waals surface area contributed by atoms with Crippen molar-refractivity contribution in [2.75, 3.05) is 6.54 Å². The van der Waals surface area contributed by atoms with Crippen molar-refractivity contribution in [3.8, 4) is 5.75 Å². The molecule has 33 heavy (non-hydrogen) atoms. The van der Waals surface area contributed by atoms with Crippen molar-refractivity contribution in [2.45, 2.75) is 13.5 Å². The molecule has 1 fully saturated rings. The molecule has 1 aliphatic heterocycles. The summed E-state index contributed by atoms with van der Waals surface area (Å²) in [4.78, 5) is 39.2. The first-order chi connectivity index (χ1) is 15.9. The lowest BCUT2D eigenvalue weighted by molar-refractivity contribution is -0.122. The highest BCUT2D eigenvalue weighted by molar-refractivity contribution is 9.10. The van der Waals surface area contributed by atoms with Crippen molar-refractivity contribution in [1.82, 2.24) is 4.90 Å². The molecule has 5 nitrogen and oxygen atoms in total. The number of ether oxygens (including phenoxy) is 1. The summed E-state index contributed by atoms with van der Waals surface area (Å²) >= 11 is 4.15. The second-order valence-electron chi connectivity index (χ2n) is 7.51. The van der Waals surface area contributed by atoms with Gasteiger partial charge in [-0.2, -0.15) is 0 Å². The van der Waals surface area contributed by atoms with Crippen molar-refractivity contribution < 1.29 is 19.1 Å². The summed E-state index contributed by atoms with van der Waals surface area (Å²) in [5, 5.41) is -0.463. The lowest BCUT2D eigenvalue weighted by Crippen LogP contribution is -2.33. The Bertz CT molecular complexity index is 1250. The van der Waals surface area contributed by atoms with Gasteiger partial charge in [0.15, 0.2) is 5.78 Å². The number of rotatable bonds is 7. The number of nitrogens with zero attached hydrogens (tertiary/aromatic N) is 1. The molecule has 7 heteroatoms. The molecular weight excluding hydrogens is 502 g/mol. The summed E-state index contributed by atoms with van der Waals surface area (Å²) in [6, 6.07) is 22.2. The fraction of sp³-hybridized carbons (Fsp3) is 0.115. The highest BCUT2D eigenvalue weighted by atomic mass is 79.9. The molecule has 0 bridgehead atoms. The molecule has 3 aromatic carbocycles. The van der Waals surface area contributed by atoms with Crippen molar-refractivity contribution in [1.29, 1.82) is 0 Å². The maximum atomic E-state index is 12.9. The second-order valence-corrected chi connectivity index (χ2v) is 9.42. The molecule has 0 saturated carbocycles. The van der Waals surface area contributed by atoms with Gasteiger partial charge in [0.05, 0.1) is 11.4 Å². The molecule has 2 amide bonds. The fourth-order valence-corrected chi connectivity index (χ4v) is 4.44. The third-order valence-electron chi connectivity index (χ3n) is 5.02. The van der Waals surface area contributed by atoms with E-state index in [-0.39, 0.29) is 17.2 Å². The summed E-state index contributed by atoms with van der Waals surface area (Å²) in [6.07, 6.45) is 1.64. The van der Waals surface area contributed by atoms with Gasteiger partial charge in [-0.05, 0) is 48.5 Å². The summed E-state index contributed by atoms with van der Waals surface area (Å²) in [5.41, 5.74) is 3.32. The molecule has 4 rings (SSSR count). The zero-order chi connectivity index (χ0) is 23.4. The molecule has 1 aliphatic rings. The lowest BCUT2D eigenvalue weighted by atomic mass is 10.1. The van der Waals surface area contributed by atoms with Crippen LogP contribution in [0.15, 0.2) is 82.2 Å². The predicted molar refractivity (Wildman–Crippen MR) is 133 cm³/mol. The van der Waals surface area contributed by atoms with Crippen LogP contribution in [0.3, 0.4) is 0 Å². The summed E-state index contributed by atoms with van der Waals surface area (Å²) in [6.45, 7) is 2.11. The Kier molecular flexibility index (Phi) is 7.11. The van der Waals surface area contributed by atoms with Crippen LogP contribution in [0.1, 0.15) is 27.0 Å². The van der Waals surface area contributed by atoms with Crippen molar-refractivity contribution in [3.05, 3.63) is 104 Å². The quantitative estimate of drug-likeness (QED) is 0.271. The summed E-state index contributed by atoms with van der Waals surface area (Å²) in [7, 11) is 0. The number of carbonyl (C=O) groups excluding carboxylic acids is 3. The minimum Gasteiger partial charge on any atom is -0.488 e. The number of halogens is 1. The van der Waals surface area contributed by atoms with Gasteiger partial charge in [0.25, 0.3) is 11.1 Å². The van der Waals surface area contributed by atoms with Gasteiger partial charge in [-0.25, -0.2) is 0 Å². The van der Waals surface area contributed by atoms with Crippen molar-refractivity contribution in [3.63, 3.8) is 0 Å². The van der Waals surface area contributed by atoms with Gasteiger partial charge in [-0.1, -0.05) is 76.1 Å². The maximum Gasteiger partial charge on any atom is 0.293 e. The topological polar surface area (TPSA) is 63.7 Å². The number of amides is 2. The monoisotopic (exact) mass is 521 g/mol. The Hall–Kier alpha value is -3.16. The van der Waals surface area contributed by atoms with E-state index >= 15 is 0 Å². The number of thioether (sulfide) groups is 1. The van der Waals surface area contributed by atoms with E-state index in [1.54, 1.807) is 30.3 Å². The van der Waals surface area contributed by atoms with Crippen molar-refractivity contribution in [2.24, 2.45) is 0 Å². The minimum absolute atomic E-state index is 0.259. The molecule has 1 heterocycles. The number of Topliss-reactive ketones (excluding diaryl/α,β-unsaturated/α-hetero) is 1. The van der Waals surface area contributed by atoms with Gasteiger partial charge in [0, 0.05) is 15.6 Å². The lowest BCUT2D eigenvalue weighted by Gasteiger charge is -2.12. The average Bonchev–Trinajstić information content (AvgIpc) is 3.06. The van der Waals surface area contributed by atoms with Crippen LogP contribution in [0, 0.1) is 6.92 Å².